The minimum absolute atomic E-state index is 0.125. The zero-order valence-corrected chi connectivity index (χ0v) is 19.7. The zero-order chi connectivity index (χ0) is 24.3. The van der Waals surface area contributed by atoms with Gasteiger partial charge in [-0.05, 0) is 49.2 Å². The van der Waals surface area contributed by atoms with Gasteiger partial charge in [0.05, 0.1) is 24.3 Å². The van der Waals surface area contributed by atoms with Gasteiger partial charge in [0.15, 0.2) is 11.0 Å². The van der Waals surface area contributed by atoms with Crippen molar-refractivity contribution >= 4 is 28.5 Å². The Balaban J connectivity index is 1.74. The molecule has 1 aromatic heterocycles. The molecule has 7 heteroatoms. The van der Waals surface area contributed by atoms with E-state index >= 15 is 0 Å². The molecule has 7 nitrogen and oxygen atoms in total. The first-order chi connectivity index (χ1) is 16.5. The molecule has 0 aliphatic rings. The Bertz CT molecular complexity index is 1170. The van der Waals surface area contributed by atoms with Crippen LogP contribution >= 0.6 is 0 Å². The number of fused-ring (bicyclic) bond motifs is 1. The maximum atomic E-state index is 12.8. The third-order valence-corrected chi connectivity index (χ3v) is 5.32. The van der Waals surface area contributed by atoms with Gasteiger partial charge >= 0.3 is 5.97 Å². The number of unbranched alkanes of at least 4 members (excludes halogenated alkanes) is 4. The summed E-state index contributed by atoms with van der Waals surface area (Å²) in [7, 11) is 0. The van der Waals surface area contributed by atoms with Crippen molar-refractivity contribution in [2.75, 3.05) is 18.5 Å². The van der Waals surface area contributed by atoms with Crippen LogP contribution < -0.4 is 15.5 Å². The van der Waals surface area contributed by atoms with E-state index in [1.165, 1.54) is 0 Å². The third kappa shape index (κ3) is 6.70. The standard InChI is InChI=1S/C27H31NO6/c1-3-5-7-16-32-20-14-12-19(13-15-20)26(30)28-22-11-9-10-21-23(29)18-24(34-25(21)22)27(31)33-17-8-6-4-2/h9-15,18H,3-8,16-17H2,1-2H3,(H,28,30). The molecule has 1 amide bonds. The first-order valence-corrected chi connectivity index (χ1v) is 11.8. The predicted molar refractivity (Wildman–Crippen MR) is 132 cm³/mol. The van der Waals surface area contributed by atoms with Gasteiger partial charge < -0.3 is 19.2 Å². The van der Waals surface area contributed by atoms with Crippen molar-refractivity contribution in [3.63, 3.8) is 0 Å². The monoisotopic (exact) mass is 465 g/mol. The van der Waals surface area contributed by atoms with Crippen LogP contribution in [0.1, 0.15) is 73.3 Å². The van der Waals surface area contributed by atoms with Crippen LogP contribution in [0.4, 0.5) is 5.69 Å². The van der Waals surface area contributed by atoms with E-state index in [0.717, 1.165) is 44.6 Å². The number of carbonyl (C=O) groups is 2. The second-order valence-corrected chi connectivity index (χ2v) is 8.03. The SMILES string of the molecule is CCCCCOC(=O)c1cc(=O)c2cccc(NC(=O)c3ccc(OCCCCC)cc3)c2o1. The highest BCUT2D eigenvalue weighted by molar-refractivity contribution is 6.08. The van der Waals surface area contributed by atoms with E-state index in [0.29, 0.717) is 23.6 Å². The van der Waals surface area contributed by atoms with Crippen LogP contribution in [0.5, 0.6) is 5.75 Å². The Labute approximate surface area is 199 Å². The van der Waals surface area contributed by atoms with Crippen LogP contribution in [0.15, 0.2) is 57.7 Å². The second-order valence-electron chi connectivity index (χ2n) is 8.03. The molecule has 0 unspecified atom stereocenters. The molecular formula is C27H31NO6. The zero-order valence-electron chi connectivity index (χ0n) is 19.7. The molecule has 0 radical (unpaired) electrons. The Morgan fingerprint density at radius 1 is 0.912 bits per heavy atom. The van der Waals surface area contributed by atoms with Crippen molar-refractivity contribution in [1.29, 1.82) is 0 Å². The van der Waals surface area contributed by atoms with Gasteiger partial charge in [0, 0.05) is 11.6 Å². The average molecular weight is 466 g/mol. The Hall–Kier alpha value is -3.61. The maximum Gasteiger partial charge on any atom is 0.374 e. The quantitative estimate of drug-likeness (QED) is 0.262. The number of esters is 1. The average Bonchev–Trinajstić information content (AvgIpc) is 2.85. The lowest BCUT2D eigenvalue weighted by Crippen LogP contribution is -2.14. The van der Waals surface area contributed by atoms with Crippen LogP contribution in [0.2, 0.25) is 0 Å². The van der Waals surface area contributed by atoms with Crippen LogP contribution in [-0.4, -0.2) is 25.1 Å². The molecule has 1 N–H and O–H groups in total. The van der Waals surface area contributed by atoms with Gasteiger partial charge in [-0.1, -0.05) is 45.6 Å². The summed E-state index contributed by atoms with van der Waals surface area (Å²) in [6, 6.07) is 12.8. The second kappa shape index (κ2) is 12.6. The van der Waals surface area contributed by atoms with E-state index in [1.807, 2.05) is 0 Å². The largest absolute Gasteiger partial charge is 0.494 e. The number of anilines is 1. The molecule has 34 heavy (non-hydrogen) atoms. The van der Waals surface area contributed by atoms with Gasteiger partial charge in [-0.15, -0.1) is 0 Å². The fraction of sp³-hybridized carbons (Fsp3) is 0.370. The minimum Gasteiger partial charge on any atom is -0.494 e. The van der Waals surface area contributed by atoms with Crippen LogP contribution in [0, 0.1) is 0 Å². The highest BCUT2D eigenvalue weighted by atomic mass is 16.5. The summed E-state index contributed by atoms with van der Waals surface area (Å²) in [5, 5.41) is 3.03. The predicted octanol–water partition coefficient (Wildman–Crippen LogP) is 5.96. The molecule has 0 atom stereocenters. The summed E-state index contributed by atoms with van der Waals surface area (Å²) in [5.74, 6) is -0.572. The van der Waals surface area contributed by atoms with Crippen molar-refractivity contribution in [3.8, 4) is 5.75 Å². The van der Waals surface area contributed by atoms with E-state index in [2.05, 4.69) is 19.2 Å². The number of carbonyl (C=O) groups excluding carboxylic acids is 2. The van der Waals surface area contributed by atoms with Crippen molar-refractivity contribution < 1.29 is 23.5 Å². The number of benzene rings is 2. The number of hydrogen-bond donors (Lipinski definition) is 1. The van der Waals surface area contributed by atoms with Crippen molar-refractivity contribution in [3.05, 3.63) is 70.1 Å². The van der Waals surface area contributed by atoms with E-state index in [4.69, 9.17) is 13.9 Å². The first-order valence-electron chi connectivity index (χ1n) is 11.8. The molecule has 0 saturated carbocycles. The molecule has 0 saturated heterocycles. The molecule has 0 spiro atoms. The smallest absolute Gasteiger partial charge is 0.374 e. The Morgan fingerprint density at radius 2 is 1.62 bits per heavy atom. The van der Waals surface area contributed by atoms with Gasteiger partial charge in [0.1, 0.15) is 5.75 Å². The van der Waals surface area contributed by atoms with Gasteiger partial charge in [-0.2, -0.15) is 0 Å². The van der Waals surface area contributed by atoms with Gasteiger partial charge in [-0.25, -0.2) is 4.79 Å². The molecule has 3 rings (SSSR count). The highest BCUT2D eigenvalue weighted by Gasteiger charge is 2.17. The summed E-state index contributed by atoms with van der Waals surface area (Å²) < 4.78 is 16.6. The third-order valence-electron chi connectivity index (χ3n) is 5.32. The molecule has 180 valence electrons. The lowest BCUT2D eigenvalue weighted by molar-refractivity contribution is 0.0462. The van der Waals surface area contributed by atoms with E-state index in [-0.39, 0.29) is 34.7 Å². The Morgan fingerprint density at radius 3 is 2.32 bits per heavy atom. The molecular weight excluding hydrogens is 434 g/mol. The summed E-state index contributed by atoms with van der Waals surface area (Å²) in [6.07, 6.45) is 5.90. The molecule has 0 aliphatic carbocycles. The summed E-state index contributed by atoms with van der Waals surface area (Å²) in [4.78, 5) is 37.7. The first kappa shape index (κ1) is 25.0. The van der Waals surface area contributed by atoms with Crippen LogP contribution in [-0.2, 0) is 4.74 Å². The van der Waals surface area contributed by atoms with Crippen molar-refractivity contribution in [1.82, 2.24) is 0 Å². The maximum absolute atomic E-state index is 12.8. The van der Waals surface area contributed by atoms with Crippen LogP contribution in [0.3, 0.4) is 0 Å². The molecule has 0 aliphatic heterocycles. The normalized spacial score (nSPS) is 10.8. The number of hydrogen-bond acceptors (Lipinski definition) is 6. The van der Waals surface area contributed by atoms with E-state index < -0.39 is 5.97 Å². The molecule has 2 aromatic carbocycles. The number of rotatable bonds is 12. The van der Waals surface area contributed by atoms with Crippen molar-refractivity contribution in [2.45, 2.75) is 52.4 Å². The fourth-order valence-electron chi connectivity index (χ4n) is 3.40. The van der Waals surface area contributed by atoms with Crippen LogP contribution in [0.25, 0.3) is 11.0 Å². The number of amides is 1. The lowest BCUT2D eigenvalue weighted by Gasteiger charge is -2.10. The van der Waals surface area contributed by atoms with Gasteiger partial charge in [-0.3, -0.25) is 9.59 Å². The molecule has 0 fully saturated rings. The van der Waals surface area contributed by atoms with E-state index in [1.54, 1.807) is 42.5 Å². The van der Waals surface area contributed by atoms with Crippen molar-refractivity contribution in [2.24, 2.45) is 0 Å². The van der Waals surface area contributed by atoms with Gasteiger partial charge in [0.2, 0.25) is 5.76 Å². The summed E-state index contributed by atoms with van der Waals surface area (Å²) in [5.41, 5.74) is 0.453. The highest BCUT2D eigenvalue weighted by Crippen LogP contribution is 2.24. The van der Waals surface area contributed by atoms with Gasteiger partial charge in [0.25, 0.3) is 5.91 Å². The molecule has 3 aromatic rings. The minimum atomic E-state index is -0.703. The number of para-hydroxylation sites is 1. The molecule has 0 bridgehead atoms. The fourth-order valence-corrected chi connectivity index (χ4v) is 3.40. The summed E-state index contributed by atoms with van der Waals surface area (Å²) in [6.45, 7) is 5.08. The number of nitrogens with one attached hydrogen (secondary N) is 1. The van der Waals surface area contributed by atoms with E-state index in [9.17, 15) is 14.4 Å². The summed E-state index contributed by atoms with van der Waals surface area (Å²) >= 11 is 0. The molecule has 1 heterocycles. The number of ether oxygens (including phenoxy) is 2. The Kier molecular flexibility index (Phi) is 9.26. The lowest BCUT2D eigenvalue weighted by atomic mass is 10.1. The topological polar surface area (TPSA) is 94.8 Å².